The Labute approximate surface area is 168 Å². The molecule has 0 saturated heterocycles. The number of rotatable bonds is 5. The fourth-order valence-corrected chi connectivity index (χ4v) is 3.76. The summed E-state index contributed by atoms with van der Waals surface area (Å²) in [6.07, 6.45) is 7.06. The first-order chi connectivity index (χ1) is 10.9. The molecule has 1 aromatic heterocycles. The van der Waals surface area contributed by atoms with Gasteiger partial charge < -0.3 is 19.7 Å². The summed E-state index contributed by atoms with van der Waals surface area (Å²) in [5.74, 6) is 0.926. The molecular formula is C17H31ClIN5. The van der Waals surface area contributed by atoms with Crippen LogP contribution in [0.2, 0.25) is 5.02 Å². The number of nitrogens with zero attached hydrogens (tertiary/aromatic N) is 4. The number of halogens is 2. The Morgan fingerprint density at radius 1 is 1.33 bits per heavy atom. The van der Waals surface area contributed by atoms with Crippen molar-refractivity contribution in [3.05, 3.63) is 23.0 Å². The van der Waals surface area contributed by atoms with E-state index >= 15 is 0 Å². The lowest BCUT2D eigenvalue weighted by atomic mass is 9.96. The zero-order valence-corrected chi connectivity index (χ0v) is 18.6. The number of aliphatic imine (C=N–C) groups is 1. The quantitative estimate of drug-likeness (QED) is 0.410. The predicted molar refractivity (Wildman–Crippen MR) is 114 cm³/mol. The molecule has 0 amide bonds. The molecule has 1 aliphatic carbocycles. The largest absolute Gasteiger partial charge is 0.354 e. The minimum atomic E-state index is 0. The third-order valence-electron chi connectivity index (χ3n) is 5.11. The van der Waals surface area contributed by atoms with Crippen LogP contribution in [-0.4, -0.2) is 60.6 Å². The fraction of sp³-hybridized carbons (Fsp3) is 0.706. The summed E-state index contributed by atoms with van der Waals surface area (Å²) in [6, 6.07) is 2.00. The summed E-state index contributed by atoms with van der Waals surface area (Å²) in [7, 11) is 10.3. The molecule has 5 nitrogen and oxygen atoms in total. The fourth-order valence-electron chi connectivity index (χ4n) is 3.48. The Hall–Kier alpha value is -0.470. The highest BCUT2D eigenvalue weighted by Crippen LogP contribution is 2.33. The van der Waals surface area contributed by atoms with Gasteiger partial charge in [-0.3, -0.25) is 4.99 Å². The predicted octanol–water partition coefficient (Wildman–Crippen LogP) is 3.18. The second-order valence-corrected chi connectivity index (χ2v) is 7.28. The van der Waals surface area contributed by atoms with Crippen LogP contribution < -0.4 is 5.32 Å². The van der Waals surface area contributed by atoms with Gasteiger partial charge in [-0.2, -0.15) is 0 Å². The Bertz CT molecular complexity index is 549. The van der Waals surface area contributed by atoms with Gasteiger partial charge >= 0.3 is 0 Å². The first kappa shape index (κ1) is 21.6. The third-order valence-corrected chi connectivity index (χ3v) is 5.31. The van der Waals surface area contributed by atoms with E-state index in [0.717, 1.165) is 24.1 Å². The van der Waals surface area contributed by atoms with Crippen LogP contribution in [0.15, 0.2) is 17.3 Å². The molecule has 0 unspecified atom stereocenters. The van der Waals surface area contributed by atoms with Gasteiger partial charge in [-0.15, -0.1) is 24.0 Å². The molecule has 0 spiro atoms. The maximum atomic E-state index is 6.07. The average Bonchev–Trinajstić information content (AvgIpc) is 3.08. The minimum absolute atomic E-state index is 0. The number of likely N-dealkylation sites (N-methyl/N-ethyl adjacent to an activating group) is 1. The molecule has 1 fully saturated rings. The number of hydrogen-bond acceptors (Lipinski definition) is 2. The van der Waals surface area contributed by atoms with Gasteiger partial charge in [0.25, 0.3) is 0 Å². The summed E-state index contributed by atoms with van der Waals surface area (Å²) in [5, 5.41) is 4.35. The van der Waals surface area contributed by atoms with Crippen molar-refractivity contribution in [3.63, 3.8) is 0 Å². The smallest absolute Gasteiger partial charge is 0.193 e. The molecule has 0 bridgehead atoms. The van der Waals surface area contributed by atoms with Crippen LogP contribution in [-0.2, 0) is 13.6 Å². The number of aromatic nitrogens is 1. The molecule has 138 valence electrons. The molecule has 2 rings (SSSR count). The van der Waals surface area contributed by atoms with E-state index in [9.17, 15) is 0 Å². The number of aryl methyl sites for hydroxylation is 1. The van der Waals surface area contributed by atoms with Crippen molar-refractivity contribution < 1.29 is 0 Å². The topological polar surface area (TPSA) is 35.8 Å². The second-order valence-electron chi connectivity index (χ2n) is 6.84. The van der Waals surface area contributed by atoms with E-state index in [1.807, 2.05) is 26.4 Å². The maximum absolute atomic E-state index is 6.07. The van der Waals surface area contributed by atoms with Gasteiger partial charge in [-0.25, -0.2) is 0 Å². The number of guanidine groups is 1. The third kappa shape index (κ3) is 5.02. The van der Waals surface area contributed by atoms with E-state index in [1.165, 1.54) is 31.4 Å². The van der Waals surface area contributed by atoms with Crippen LogP contribution in [0.1, 0.15) is 31.4 Å². The molecule has 0 aliphatic heterocycles. The highest BCUT2D eigenvalue weighted by Gasteiger charge is 2.36. The monoisotopic (exact) mass is 467 g/mol. The van der Waals surface area contributed by atoms with Crippen molar-refractivity contribution in [2.45, 2.75) is 37.8 Å². The lowest BCUT2D eigenvalue weighted by Crippen LogP contribution is -2.53. The molecule has 7 heteroatoms. The van der Waals surface area contributed by atoms with Crippen LogP contribution in [0.3, 0.4) is 0 Å². The molecule has 1 aromatic rings. The molecular weight excluding hydrogens is 437 g/mol. The molecule has 1 N–H and O–H groups in total. The minimum Gasteiger partial charge on any atom is -0.354 e. The summed E-state index contributed by atoms with van der Waals surface area (Å²) in [6.45, 7) is 1.71. The van der Waals surface area contributed by atoms with Crippen LogP contribution >= 0.6 is 35.6 Å². The van der Waals surface area contributed by atoms with Crippen molar-refractivity contribution in [3.8, 4) is 0 Å². The summed E-state index contributed by atoms with van der Waals surface area (Å²) >= 11 is 6.07. The molecule has 0 atom stereocenters. The highest BCUT2D eigenvalue weighted by atomic mass is 127. The van der Waals surface area contributed by atoms with Gasteiger partial charge in [0.05, 0.1) is 11.6 Å². The van der Waals surface area contributed by atoms with Crippen molar-refractivity contribution in [2.24, 2.45) is 12.0 Å². The lowest BCUT2D eigenvalue weighted by molar-refractivity contribution is 0.159. The van der Waals surface area contributed by atoms with Gasteiger partial charge in [-0.05, 0) is 33.0 Å². The standard InChI is InChI=1S/C17H30ClN5.HI/c1-19-16(20-13-17(21(2)3)8-6-7-9-17)23(5)12-15-10-14(18)11-22(15)4;/h10-11H,6-9,12-13H2,1-5H3,(H,19,20);1H. The molecule has 24 heavy (non-hydrogen) atoms. The molecule has 1 aliphatic rings. The maximum Gasteiger partial charge on any atom is 0.193 e. The normalized spacial score (nSPS) is 17.0. The number of hydrogen-bond donors (Lipinski definition) is 1. The van der Waals surface area contributed by atoms with E-state index in [4.69, 9.17) is 11.6 Å². The van der Waals surface area contributed by atoms with Crippen LogP contribution in [0.25, 0.3) is 0 Å². The summed E-state index contributed by atoms with van der Waals surface area (Å²) < 4.78 is 2.06. The van der Waals surface area contributed by atoms with E-state index < -0.39 is 0 Å². The first-order valence-electron chi connectivity index (χ1n) is 8.28. The van der Waals surface area contributed by atoms with Gasteiger partial charge in [0, 0.05) is 45.1 Å². The SMILES string of the molecule is CN=C(NCC1(N(C)C)CCCC1)N(C)Cc1cc(Cl)cn1C.I. The van der Waals surface area contributed by atoms with E-state index in [0.29, 0.717) is 0 Å². The average molecular weight is 468 g/mol. The van der Waals surface area contributed by atoms with Crippen molar-refractivity contribution in [2.75, 3.05) is 34.7 Å². The van der Waals surface area contributed by atoms with Gasteiger partial charge in [-0.1, -0.05) is 24.4 Å². The Balaban J connectivity index is 0.00000288. The zero-order valence-electron chi connectivity index (χ0n) is 15.5. The van der Waals surface area contributed by atoms with Crippen LogP contribution in [0.5, 0.6) is 0 Å². The van der Waals surface area contributed by atoms with Crippen LogP contribution in [0.4, 0.5) is 0 Å². The highest BCUT2D eigenvalue weighted by molar-refractivity contribution is 14.0. The zero-order chi connectivity index (χ0) is 17.0. The van der Waals surface area contributed by atoms with Gasteiger partial charge in [0.15, 0.2) is 5.96 Å². The molecule has 0 aromatic carbocycles. The van der Waals surface area contributed by atoms with Gasteiger partial charge in [0.1, 0.15) is 0 Å². The van der Waals surface area contributed by atoms with Crippen molar-refractivity contribution in [1.29, 1.82) is 0 Å². The van der Waals surface area contributed by atoms with E-state index in [-0.39, 0.29) is 29.5 Å². The first-order valence-corrected chi connectivity index (χ1v) is 8.66. The second kappa shape index (κ2) is 9.29. The molecule has 1 saturated carbocycles. The summed E-state index contributed by atoms with van der Waals surface area (Å²) in [5.41, 5.74) is 1.43. The molecule has 1 heterocycles. The van der Waals surface area contributed by atoms with Crippen molar-refractivity contribution in [1.82, 2.24) is 19.7 Å². The molecule has 0 radical (unpaired) electrons. The van der Waals surface area contributed by atoms with Gasteiger partial charge in [0.2, 0.25) is 0 Å². The van der Waals surface area contributed by atoms with E-state index in [2.05, 4.69) is 45.8 Å². The summed E-state index contributed by atoms with van der Waals surface area (Å²) in [4.78, 5) is 8.96. The lowest BCUT2D eigenvalue weighted by Gasteiger charge is -2.37. The Morgan fingerprint density at radius 2 is 1.96 bits per heavy atom. The van der Waals surface area contributed by atoms with E-state index in [1.54, 1.807) is 0 Å². The Kier molecular flexibility index (Phi) is 8.35. The van der Waals surface area contributed by atoms with Crippen LogP contribution in [0, 0.1) is 0 Å². The van der Waals surface area contributed by atoms with Crippen molar-refractivity contribution >= 4 is 41.5 Å². The Morgan fingerprint density at radius 3 is 2.42 bits per heavy atom. The number of nitrogens with one attached hydrogen (secondary N) is 1.